The summed E-state index contributed by atoms with van der Waals surface area (Å²) in [5.74, 6) is -3.83. The predicted molar refractivity (Wildman–Crippen MR) is 283 cm³/mol. The molecule has 0 unspecified atom stereocenters. The van der Waals surface area contributed by atoms with E-state index in [-0.39, 0.29) is 48.6 Å². The topological polar surface area (TPSA) is 309 Å². The maximum absolute atomic E-state index is 14.3. The molecule has 7 rings (SSSR count). The Morgan fingerprint density at radius 3 is 2.40 bits per heavy atom. The van der Waals surface area contributed by atoms with Crippen molar-refractivity contribution < 1.29 is 75.7 Å². The molecule has 0 aliphatic carbocycles. The number of esters is 1. The molecular weight excluding hydrogens is 1060 g/mol. The van der Waals surface area contributed by atoms with Crippen molar-refractivity contribution in [2.45, 2.75) is 120 Å². The number of epoxide rings is 1. The average Bonchev–Trinajstić information content (AvgIpc) is 4.15. The Morgan fingerprint density at radius 1 is 1.01 bits per heavy atom. The van der Waals surface area contributed by atoms with E-state index in [9.17, 15) is 56.7 Å². The number of aliphatic hydroxyl groups is 2. The van der Waals surface area contributed by atoms with Gasteiger partial charge >= 0.3 is 12.1 Å². The van der Waals surface area contributed by atoms with Gasteiger partial charge in [-0.2, -0.15) is 13.5 Å². The van der Waals surface area contributed by atoms with E-state index in [1.807, 2.05) is 6.92 Å². The number of amides is 6. The Kier molecular flexibility index (Phi) is 18.1. The van der Waals surface area contributed by atoms with E-state index in [0.717, 1.165) is 28.2 Å². The number of carbonyl (C=O) groups excluding carboxylic acids is 7. The summed E-state index contributed by atoms with van der Waals surface area (Å²) in [5.41, 5.74) is 1.49. The first-order chi connectivity index (χ1) is 36.8. The highest BCUT2D eigenvalue weighted by atomic mass is 35.5. The highest BCUT2D eigenvalue weighted by Crippen LogP contribution is 2.49. The number of fused-ring (bicyclic) bond motifs is 5. The first kappa shape index (κ1) is 58.4. The second-order valence-electron chi connectivity index (χ2n) is 19.8. The van der Waals surface area contributed by atoms with Gasteiger partial charge in [0.05, 0.1) is 43.0 Å². The third-order valence-electron chi connectivity index (χ3n) is 14.0. The number of imide groups is 1. The molecule has 4 bridgehead atoms. The number of nitrogens with zero attached hydrogens (tertiary/aromatic N) is 3. The van der Waals surface area contributed by atoms with E-state index < -0.39 is 104 Å². The molecule has 2 fully saturated rings. The van der Waals surface area contributed by atoms with Gasteiger partial charge in [-0.05, 0) is 87.1 Å². The van der Waals surface area contributed by atoms with Crippen molar-refractivity contribution in [3.05, 3.63) is 118 Å². The number of allylic oxidation sites excluding steroid dienone is 3. The number of anilines is 2. The zero-order valence-corrected chi connectivity index (χ0v) is 45.2. The highest BCUT2D eigenvalue weighted by molar-refractivity contribution is 7.86. The fraction of sp³-hybridized carbons (Fsp3) is 0.407. The third-order valence-corrected chi connectivity index (χ3v) is 15.3. The van der Waals surface area contributed by atoms with Crippen LogP contribution >= 0.6 is 11.6 Å². The standard InChI is InChI=1S/C54H61ClN6O16S/c1-30-11-10-12-42(62)54(70)29-40(75-52(69)57-54)31(2)50-53(4,77-50)43(28-47(66)60(5)38-24-34(23-30)25-39(74-6)49(38)55)76-48(67)26-33-14-16-35(17-15-33)32(3)58-59-51(68)37-19-18-36(27-41(37)78(71,72)73)56-44(63)13-8-7-9-22-61-45(64)20-21-46(61)65/h10-12,14-21,24-25,27,31,40,42-43,50,62,70H,7-9,13,22-23,26,28-29H2,1-6H3,(H,56,63)(H,57,69)(H,59,68)(H,71,72,73)/b12-10+,30-11+,58-32+/t31-,40+,42-,43+,50+,53+,54+/m1/s1. The molecule has 0 aromatic heterocycles. The summed E-state index contributed by atoms with van der Waals surface area (Å²) < 4.78 is 58.3. The van der Waals surface area contributed by atoms with Crippen molar-refractivity contribution in [2.24, 2.45) is 11.0 Å². The monoisotopic (exact) mass is 1120 g/mol. The molecule has 24 heteroatoms. The Hall–Kier alpha value is -7.28. The summed E-state index contributed by atoms with van der Waals surface area (Å²) in [6.45, 7) is 6.99. The third kappa shape index (κ3) is 13.9. The number of ether oxygens (including phenoxy) is 4. The van der Waals surface area contributed by atoms with E-state index >= 15 is 0 Å². The van der Waals surface area contributed by atoms with Crippen molar-refractivity contribution in [1.29, 1.82) is 0 Å². The molecule has 78 heavy (non-hydrogen) atoms. The quantitative estimate of drug-likeness (QED) is 0.0220. The Bertz CT molecular complexity index is 3110. The molecule has 4 aliphatic rings. The molecule has 0 spiro atoms. The first-order valence-corrected chi connectivity index (χ1v) is 26.7. The van der Waals surface area contributed by atoms with Gasteiger partial charge in [0, 0.05) is 50.2 Å². The largest absolute Gasteiger partial charge is 0.495 e. The smallest absolute Gasteiger partial charge is 0.409 e. The minimum atomic E-state index is -4.98. The van der Waals surface area contributed by atoms with Crippen molar-refractivity contribution >= 4 is 80.4 Å². The number of aliphatic hydroxyl groups excluding tert-OH is 1. The van der Waals surface area contributed by atoms with E-state index in [1.165, 1.54) is 43.4 Å². The van der Waals surface area contributed by atoms with Gasteiger partial charge in [0.15, 0.2) is 5.72 Å². The SMILES string of the molecule is COc1cc2cc(c1Cl)N(C)C(=O)C[C@H](OC(=O)Cc1ccc(/C(C)=N/NC(=O)c3ccc(NC(=O)CCCCCN4C(=O)C=CC4=O)cc3S(=O)(=O)O)cc1)[C@]1(C)O[C@H]1[C@H](C)[C@@H]1C[C@@](O)(NC(=O)O1)[C@H](O)/C=C/C=C(\C)C2. The van der Waals surface area contributed by atoms with E-state index in [0.29, 0.717) is 48.2 Å². The molecule has 4 aliphatic heterocycles. The number of hydrogen-bond donors (Lipinski definition) is 6. The molecule has 2 saturated heterocycles. The van der Waals surface area contributed by atoms with E-state index in [2.05, 4.69) is 21.2 Å². The fourth-order valence-corrected chi connectivity index (χ4v) is 10.5. The fourth-order valence-electron chi connectivity index (χ4n) is 9.44. The second-order valence-corrected chi connectivity index (χ2v) is 21.6. The Labute approximate surface area is 455 Å². The summed E-state index contributed by atoms with van der Waals surface area (Å²) >= 11 is 6.78. The van der Waals surface area contributed by atoms with E-state index in [1.54, 1.807) is 69.3 Å². The zero-order valence-electron chi connectivity index (χ0n) is 43.6. The van der Waals surface area contributed by atoms with Crippen LogP contribution in [0.2, 0.25) is 5.02 Å². The van der Waals surface area contributed by atoms with Crippen LogP contribution in [0.1, 0.15) is 93.3 Å². The van der Waals surface area contributed by atoms with Crippen LogP contribution in [0, 0.1) is 5.92 Å². The molecule has 3 aromatic rings. The number of nitrogens with one attached hydrogen (secondary N) is 3. The normalized spacial score (nSPS) is 25.7. The van der Waals surface area contributed by atoms with Crippen LogP contribution in [-0.2, 0) is 61.1 Å². The molecule has 6 amide bonds. The molecule has 6 N–H and O–H groups in total. The van der Waals surface area contributed by atoms with Gasteiger partial charge in [0.25, 0.3) is 27.8 Å². The van der Waals surface area contributed by atoms with Crippen molar-refractivity contribution in [1.82, 2.24) is 15.6 Å². The maximum atomic E-state index is 14.3. The van der Waals surface area contributed by atoms with Gasteiger partial charge in [-0.3, -0.25) is 43.5 Å². The minimum absolute atomic E-state index is 0.00750. The molecule has 416 valence electrons. The highest BCUT2D eigenvalue weighted by Gasteiger charge is 2.64. The molecule has 0 saturated carbocycles. The van der Waals surface area contributed by atoms with Gasteiger partial charge in [-0.1, -0.05) is 73.0 Å². The summed E-state index contributed by atoms with van der Waals surface area (Å²) in [6, 6.07) is 13.2. The van der Waals surface area contributed by atoms with Gasteiger partial charge in [-0.15, -0.1) is 0 Å². The lowest BCUT2D eigenvalue weighted by Crippen LogP contribution is -2.63. The number of hydrazone groups is 1. The number of alkyl carbamates (subject to hydrolysis) is 1. The first-order valence-electron chi connectivity index (χ1n) is 24.9. The number of carbonyl (C=O) groups is 7. The van der Waals surface area contributed by atoms with Crippen LogP contribution in [0.4, 0.5) is 16.2 Å². The summed E-state index contributed by atoms with van der Waals surface area (Å²) in [7, 11) is -2.01. The minimum Gasteiger partial charge on any atom is -0.495 e. The van der Waals surface area contributed by atoms with Crippen LogP contribution in [0.25, 0.3) is 0 Å². The number of rotatable bonds is 15. The number of hydrogen-bond acceptors (Lipinski definition) is 16. The molecular formula is C54H61ClN6O16S. The average molecular weight is 1120 g/mol. The zero-order chi connectivity index (χ0) is 56.9. The molecule has 4 heterocycles. The van der Waals surface area contributed by atoms with Gasteiger partial charge < -0.3 is 39.4 Å². The van der Waals surface area contributed by atoms with Gasteiger partial charge in [0.2, 0.25) is 11.8 Å². The molecule has 0 radical (unpaired) electrons. The lowest BCUT2D eigenvalue weighted by molar-refractivity contribution is -0.153. The Balaban J connectivity index is 1.02. The van der Waals surface area contributed by atoms with Crippen molar-refractivity contribution in [2.75, 3.05) is 30.9 Å². The summed E-state index contributed by atoms with van der Waals surface area (Å²) in [5, 5.41) is 31.8. The summed E-state index contributed by atoms with van der Waals surface area (Å²) in [4.78, 5) is 92.0. The van der Waals surface area contributed by atoms with Crippen molar-refractivity contribution in [3.63, 3.8) is 0 Å². The predicted octanol–water partition coefficient (Wildman–Crippen LogP) is 5.08. The molecule has 3 aromatic carbocycles. The molecule has 22 nitrogen and oxygen atoms in total. The summed E-state index contributed by atoms with van der Waals surface area (Å²) in [6.07, 6.45) is 2.45. The lowest BCUT2D eigenvalue weighted by Gasteiger charge is -2.41. The number of halogens is 1. The number of methoxy groups -OCH3 is 1. The number of unbranched alkanes of at least 4 members (excludes halogenated alkanes) is 2. The van der Waals surface area contributed by atoms with Crippen LogP contribution < -0.4 is 25.7 Å². The van der Waals surface area contributed by atoms with Crippen LogP contribution in [0.5, 0.6) is 5.75 Å². The maximum Gasteiger partial charge on any atom is 0.409 e. The Morgan fingerprint density at radius 2 is 1.72 bits per heavy atom. The van der Waals surface area contributed by atoms with Gasteiger partial charge in [0.1, 0.15) is 39.6 Å². The van der Waals surface area contributed by atoms with Crippen LogP contribution in [0.3, 0.4) is 0 Å². The molecule has 7 atom stereocenters. The van der Waals surface area contributed by atoms with E-state index in [4.69, 9.17) is 30.5 Å². The van der Waals surface area contributed by atoms with Crippen LogP contribution in [0.15, 0.2) is 101 Å². The van der Waals surface area contributed by atoms with Gasteiger partial charge in [-0.25, -0.2) is 10.2 Å². The van der Waals surface area contributed by atoms with Crippen molar-refractivity contribution in [3.8, 4) is 5.75 Å². The number of benzene rings is 3. The second kappa shape index (κ2) is 24.2. The van der Waals surface area contributed by atoms with Crippen LogP contribution in [-0.4, -0.2) is 132 Å². The lowest BCUT2D eigenvalue weighted by atomic mass is 9.83.